The molecule has 106 valence electrons. The highest BCUT2D eigenvalue weighted by Gasteiger charge is 2.11. The van der Waals surface area contributed by atoms with E-state index in [1.54, 1.807) is 0 Å². The van der Waals surface area contributed by atoms with Crippen LogP contribution in [0.4, 0.5) is 0 Å². The fourth-order valence-electron chi connectivity index (χ4n) is 2.61. The second kappa shape index (κ2) is 5.57. The van der Waals surface area contributed by atoms with Gasteiger partial charge in [-0.3, -0.25) is 0 Å². The molecule has 0 aliphatic heterocycles. The molecule has 1 N–H and O–H groups in total. The topological polar surface area (TPSA) is 28.7 Å². The van der Waals surface area contributed by atoms with E-state index in [4.69, 9.17) is 4.98 Å². The Bertz CT molecular complexity index is 942. The first-order valence-corrected chi connectivity index (χ1v) is 8.19. The quantitative estimate of drug-likeness (QED) is 0.446. The summed E-state index contributed by atoms with van der Waals surface area (Å²) >= 11 is 2.32. The molecule has 0 saturated carbocycles. The Morgan fingerprint density at radius 1 is 0.727 bits per heavy atom. The third-order valence-electron chi connectivity index (χ3n) is 3.73. The van der Waals surface area contributed by atoms with Gasteiger partial charge in [-0.15, -0.1) is 0 Å². The number of hydrogen-bond acceptors (Lipinski definition) is 1. The van der Waals surface area contributed by atoms with Gasteiger partial charge in [-0.05, 0) is 39.4 Å². The van der Waals surface area contributed by atoms with Gasteiger partial charge in [0.25, 0.3) is 0 Å². The molecule has 0 spiro atoms. The van der Waals surface area contributed by atoms with Crippen LogP contribution >= 0.6 is 22.6 Å². The molecule has 1 aromatic heterocycles. The van der Waals surface area contributed by atoms with Crippen molar-refractivity contribution in [1.82, 2.24) is 9.97 Å². The van der Waals surface area contributed by atoms with Crippen LogP contribution in [0.15, 0.2) is 72.8 Å². The number of nitrogens with zero attached hydrogens (tertiary/aromatic N) is 1. The number of hydrogen-bond donors (Lipinski definition) is 1. The van der Waals surface area contributed by atoms with Crippen LogP contribution in [0.25, 0.3) is 33.4 Å². The second-order valence-corrected chi connectivity index (χ2v) is 6.25. The number of aromatic nitrogens is 2. The maximum atomic E-state index is 4.79. The first-order chi connectivity index (χ1) is 10.8. The molecule has 1 heterocycles. The summed E-state index contributed by atoms with van der Waals surface area (Å²) in [6, 6.07) is 25.1. The van der Waals surface area contributed by atoms with Crippen molar-refractivity contribution in [3.8, 4) is 22.6 Å². The van der Waals surface area contributed by atoms with E-state index in [-0.39, 0.29) is 0 Å². The summed E-state index contributed by atoms with van der Waals surface area (Å²) in [5.41, 5.74) is 3.25. The van der Waals surface area contributed by atoms with Crippen molar-refractivity contribution in [2.75, 3.05) is 0 Å². The smallest absolute Gasteiger partial charge is 0.138 e. The summed E-state index contributed by atoms with van der Waals surface area (Å²) in [5, 5.41) is 2.49. The highest BCUT2D eigenvalue weighted by molar-refractivity contribution is 14.1. The van der Waals surface area contributed by atoms with Crippen molar-refractivity contribution >= 4 is 33.4 Å². The van der Waals surface area contributed by atoms with Gasteiger partial charge in [-0.1, -0.05) is 66.7 Å². The molecule has 0 fully saturated rings. The van der Waals surface area contributed by atoms with E-state index in [0.717, 1.165) is 26.3 Å². The zero-order valence-electron chi connectivity index (χ0n) is 11.8. The van der Waals surface area contributed by atoms with Crippen LogP contribution in [0.3, 0.4) is 0 Å². The van der Waals surface area contributed by atoms with E-state index in [2.05, 4.69) is 82.2 Å². The Hall–Kier alpha value is -2.14. The van der Waals surface area contributed by atoms with Gasteiger partial charge >= 0.3 is 0 Å². The standard InChI is InChI=1S/C19H13IN2/c20-18-17(21-19(22-18)14-7-2-1-3-8-14)16-11-10-13-6-4-5-9-15(13)12-16/h1-12H,(H,21,22). The zero-order chi connectivity index (χ0) is 14.9. The zero-order valence-corrected chi connectivity index (χ0v) is 13.9. The van der Waals surface area contributed by atoms with Gasteiger partial charge in [0.2, 0.25) is 0 Å². The summed E-state index contributed by atoms with van der Waals surface area (Å²) in [6.45, 7) is 0. The highest BCUT2D eigenvalue weighted by atomic mass is 127. The Morgan fingerprint density at radius 3 is 2.27 bits per heavy atom. The number of nitrogens with one attached hydrogen (secondary N) is 1. The lowest BCUT2D eigenvalue weighted by Gasteiger charge is -2.01. The van der Waals surface area contributed by atoms with Crippen LogP contribution < -0.4 is 0 Å². The molecule has 3 heteroatoms. The summed E-state index contributed by atoms with van der Waals surface area (Å²) < 4.78 is 1.06. The molecule has 0 aliphatic rings. The third-order valence-corrected chi connectivity index (χ3v) is 4.51. The molecule has 0 aliphatic carbocycles. The number of rotatable bonds is 2. The molecule has 4 rings (SSSR count). The second-order valence-electron chi connectivity index (χ2n) is 5.18. The number of benzene rings is 3. The first kappa shape index (κ1) is 13.5. The van der Waals surface area contributed by atoms with Crippen LogP contribution in [-0.4, -0.2) is 9.97 Å². The van der Waals surface area contributed by atoms with E-state index in [1.807, 2.05) is 18.2 Å². The van der Waals surface area contributed by atoms with Gasteiger partial charge in [0, 0.05) is 11.1 Å². The van der Waals surface area contributed by atoms with Gasteiger partial charge in [0.1, 0.15) is 15.2 Å². The van der Waals surface area contributed by atoms with Crippen LogP contribution in [0.2, 0.25) is 0 Å². The fraction of sp³-hybridized carbons (Fsp3) is 0. The van der Waals surface area contributed by atoms with Crippen LogP contribution in [0, 0.1) is 3.70 Å². The Morgan fingerprint density at radius 2 is 1.45 bits per heavy atom. The summed E-state index contributed by atoms with van der Waals surface area (Å²) in [6.07, 6.45) is 0. The minimum Gasteiger partial charge on any atom is -0.333 e. The summed E-state index contributed by atoms with van der Waals surface area (Å²) in [5.74, 6) is 0.910. The molecule has 22 heavy (non-hydrogen) atoms. The average Bonchev–Trinajstić information content (AvgIpc) is 2.97. The molecule has 4 aromatic rings. The van der Waals surface area contributed by atoms with Gasteiger partial charge < -0.3 is 4.98 Å². The number of imidazole rings is 1. The molecule has 0 amide bonds. The van der Waals surface area contributed by atoms with Crippen molar-refractivity contribution in [2.24, 2.45) is 0 Å². The molecular formula is C19H13IN2. The van der Waals surface area contributed by atoms with Crippen LogP contribution in [-0.2, 0) is 0 Å². The maximum Gasteiger partial charge on any atom is 0.138 e. The predicted octanol–water partition coefficient (Wildman–Crippen LogP) is 5.50. The summed E-state index contributed by atoms with van der Waals surface area (Å²) in [7, 11) is 0. The number of fused-ring (bicyclic) bond motifs is 1. The van der Waals surface area contributed by atoms with Crippen LogP contribution in [0.5, 0.6) is 0 Å². The molecule has 0 saturated heterocycles. The number of aromatic amines is 1. The Balaban J connectivity index is 1.83. The molecule has 0 atom stereocenters. The molecule has 2 nitrogen and oxygen atoms in total. The Kier molecular flexibility index (Phi) is 3.42. The largest absolute Gasteiger partial charge is 0.333 e. The SMILES string of the molecule is Ic1[nH]c(-c2ccccc2)nc1-c1ccc2ccccc2c1. The lowest BCUT2D eigenvalue weighted by atomic mass is 10.1. The first-order valence-electron chi connectivity index (χ1n) is 7.11. The average molecular weight is 396 g/mol. The molecule has 0 unspecified atom stereocenters. The van der Waals surface area contributed by atoms with Gasteiger partial charge in [0.15, 0.2) is 0 Å². The van der Waals surface area contributed by atoms with Gasteiger partial charge in [0.05, 0.1) is 0 Å². The van der Waals surface area contributed by atoms with Crippen molar-refractivity contribution in [2.45, 2.75) is 0 Å². The van der Waals surface area contributed by atoms with E-state index < -0.39 is 0 Å². The molecule has 3 aromatic carbocycles. The van der Waals surface area contributed by atoms with E-state index >= 15 is 0 Å². The monoisotopic (exact) mass is 396 g/mol. The minimum atomic E-state index is 0.910. The Labute approximate surface area is 142 Å². The van der Waals surface area contributed by atoms with Crippen molar-refractivity contribution in [3.05, 3.63) is 76.5 Å². The van der Waals surface area contributed by atoms with Gasteiger partial charge in [-0.25, -0.2) is 4.98 Å². The van der Waals surface area contributed by atoms with Crippen molar-refractivity contribution in [1.29, 1.82) is 0 Å². The van der Waals surface area contributed by atoms with Gasteiger partial charge in [-0.2, -0.15) is 0 Å². The van der Waals surface area contributed by atoms with E-state index in [9.17, 15) is 0 Å². The molecule has 0 radical (unpaired) electrons. The lowest BCUT2D eigenvalue weighted by molar-refractivity contribution is 1.30. The minimum absolute atomic E-state index is 0.910. The fourth-order valence-corrected chi connectivity index (χ4v) is 3.30. The molecule has 0 bridgehead atoms. The number of halogens is 1. The maximum absolute atomic E-state index is 4.79. The normalized spacial score (nSPS) is 11.0. The highest BCUT2D eigenvalue weighted by Crippen LogP contribution is 2.29. The van der Waals surface area contributed by atoms with E-state index in [0.29, 0.717) is 0 Å². The number of H-pyrrole nitrogens is 1. The van der Waals surface area contributed by atoms with Crippen LogP contribution in [0.1, 0.15) is 0 Å². The predicted molar refractivity (Wildman–Crippen MR) is 99.7 cm³/mol. The lowest BCUT2D eigenvalue weighted by Crippen LogP contribution is -1.82. The van der Waals surface area contributed by atoms with E-state index in [1.165, 1.54) is 10.8 Å². The summed E-state index contributed by atoms with van der Waals surface area (Å²) in [4.78, 5) is 8.18. The molecular weight excluding hydrogens is 383 g/mol. The van der Waals surface area contributed by atoms with Crippen molar-refractivity contribution in [3.63, 3.8) is 0 Å². The van der Waals surface area contributed by atoms with Crippen molar-refractivity contribution < 1.29 is 0 Å². The third kappa shape index (κ3) is 2.41.